The number of nitrogens with zero attached hydrogens (tertiary/aromatic N) is 3. The van der Waals surface area contributed by atoms with E-state index in [1.165, 1.54) is 10.9 Å². The Balaban J connectivity index is 1.55. The maximum Gasteiger partial charge on any atom is 0.241 e. The summed E-state index contributed by atoms with van der Waals surface area (Å²) in [4.78, 5) is 25.7. The Morgan fingerprint density at radius 1 is 1.24 bits per heavy atom. The molecular formula is C17H21N5O3. The van der Waals surface area contributed by atoms with Gasteiger partial charge in [-0.2, -0.15) is 5.10 Å². The van der Waals surface area contributed by atoms with E-state index in [0.29, 0.717) is 25.4 Å². The Bertz CT molecular complexity index is 758. The highest BCUT2D eigenvalue weighted by Gasteiger charge is 2.17. The number of hydrogen-bond acceptors (Lipinski definition) is 5. The molecule has 2 N–H and O–H groups in total. The molecule has 3 rings (SSSR count). The van der Waals surface area contributed by atoms with Gasteiger partial charge in [0.15, 0.2) is 0 Å². The van der Waals surface area contributed by atoms with Gasteiger partial charge >= 0.3 is 0 Å². The highest BCUT2D eigenvalue weighted by molar-refractivity contribution is 5.92. The standard InChI is InChI=1S/C17H21N5O3/c1-18-16(23)12-22-10-14(8-19-22)20-17(24)11-21-6-7-25-15-5-3-2-4-13(15)9-21/h2-5,8,10H,6-7,9,11-12H2,1H3,(H,18,23)(H,20,24). The van der Waals surface area contributed by atoms with Crippen molar-refractivity contribution in [3.05, 3.63) is 42.2 Å². The molecule has 1 aromatic heterocycles. The maximum atomic E-state index is 12.3. The molecule has 8 nitrogen and oxygen atoms in total. The smallest absolute Gasteiger partial charge is 0.241 e. The van der Waals surface area contributed by atoms with Crippen LogP contribution < -0.4 is 15.4 Å². The minimum Gasteiger partial charge on any atom is -0.492 e. The number of anilines is 1. The largest absolute Gasteiger partial charge is 0.492 e. The average Bonchev–Trinajstić information content (AvgIpc) is 2.91. The molecule has 0 saturated carbocycles. The zero-order valence-corrected chi connectivity index (χ0v) is 14.1. The van der Waals surface area contributed by atoms with E-state index in [1.807, 2.05) is 29.2 Å². The van der Waals surface area contributed by atoms with Crippen LogP contribution in [0.15, 0.2) is 36.7 Å². The van der Waals surface area contributed by atoms with Crippen LogP contribution in [0, 0.1) is 0 Å². The number of benzene rings is 1. The van der Waals surface area contributed by atoms with Crippen LogP contribution in [-0.2, 0) is 22.7 Å². The van der Waals surface area contributed by atoms with Crippen molar-refractivity contribution in [3.63, 3.8) is 0 Å². The van der Waals surface area contributed by atoms with E-state index in [0.717, 1.165) is 11.3 Å². The first-order valence-corrected chi connectivity index (χ1v) is 8.10. The van der Waals surface area contributed by atoms with Crippen LogP contribution in [0.1, 0.15) is 5.56 Å². The average molecular weight is 343 g/mol. The Kier molecular flexibility index (Phi) is 5.30. The Morgan fingerprint density at radius 3 is 2.92 bits per heavy atom. The van der Waals surface area contributed by atoms with Crippen molar-refractivity contribution in [2.24, 2.45) is 0 Å². The number of amides is 2. The molecule has 1 aliphatic heterocycles. The molecule has 2 amide bonds. The predicted octanol–water partition coefficient (Wildman–Crippen LogP) is 0.462. The molecule has 0 aliphatic carbocycles. The van der Waals surface area contributed by atoms with Gasteiger partial charge in [-0.1, -0.05) is 18.2 Å². The molecule has 132 valence electrons. The van der Waals surface area contributed by atoms with Crippen molar-refractivity contribution in [1.82, 2.24) is 20.0 Å². The number of nitrogens with one attached hydrogen (secondary N) is 2. The SMILES string of the molecule is CNC(=O)Cn1cc(NC(=O)CN2CCOc3ccccc3C2)cn1. The Hall–Kier alpha value is -2.87. The zero-order chi connectivity index (χ0) is 17.6. The summed E-state index contributed by atoms with van der Waals surface area (Å²) in [6, 6.07) is 7.86. The fourth-order valence-corrected chi connectivity index (χ4v) is 2.66. The molecule has 1 aromatic carbocycles. The number of rotatable bonds is 5. The number of fused-ring (bicyclic) bond motifs is 1. The first kappa shape index (κ1) is 17.0. The third-order valence-corrected chi connectivity index (χ3v) is 3.90. The van der Waals surface area contributed by atoms with Gasteiger partial charge in [-0.15, -0.1) is 0 Å². The van der Waals surface area contributed by atoms with Crippen LogP contribution >= 0.6 is 0 Å². The summed E-state index contributed by atoms with van der Waals surface area (Å²) in [7, 11) is 1.57. The highest BCUT2D eigenvalue weighted by Crippen LogP contribution is 2.22. The van der Waals surface area contributed by atoms with E-state index >= 15 is 0 Å². The van der Waals surface area contributed by atoms with Crippen molar-refractivity contribution >= 4 is 17.5 Å². The second kappa shape index (κ2) is 7.80. The lowest BCUT2D eigenvalue weighted by atomic mass is 10.2. The van der Waals surface area contributed by atoms with Gasteiger partial charge in [0.2, 0.25) is 11.8 Å². The van der Waals surface area contributed by atoms with Crippen molar-refractivity contribution in [1.29, 1.82) is 0 Å². The van der Waals surface area contributed by atoms with E-state index in [4.69, 9.17) is 4.74 Å². The van der Waals surface area contributed by atoms with Crippen molar-refractivity contribution < 1.29 is 14.3 Å². The van der Waals surface area contributed by atoms with E-state index in [-0.39, 0.29) is 24.9 Å². The summed E-state index contributed by atoms with van der Waals surface area (Å²) < 4.78 is 7.18. The zero-order valence-electron chi connectivity index (χ0n) is 14.1. The highest BCUT2D eigenvalue weighted by atomic mass is 16.5. The van der Waals surface area contributed by atoms with Crippen LogP contribution in [0.2, 0.25) is 0 Å². The lowest BCUT2D eigenvalue weighted by molar-refractivity contribution is -0.121. The molecular weight excluding hydrogens is 322 g/mol. The number of aromatic nitrogens is 2. The lowest BCUT2D eigenvalue weighted by Crippen LogP contribution is -2.34. The Morgan fingerprint density at radius 2 is 2.08 bits per heavy atom. The molecule has 0 bridgehead atoms. The topological polar surface area (TPSA) is 88.5 Å². The molecule has 0 radical (unpaired) electrons. The number of hydrogen-bond donors (Lipinski definition) is 2. The van der Waals surface area contributed by atoms with Crippen LogP contribution in [-0.4, -0.2) is 53.2 Å². The molecule has 0 saturated heterocycles. The second-order valence-electron chi connectivity index (χ2n) is 5.81. The van der Waals surface area contributed by atoms with Crippen LogP contribution in [0.5, 0.6) is 5.75 Å². The third kappa shape index (κ3) is 4.57. The summed E-state index contributed by atoms with van der Waals surface area (Å²) in [6.45, 7) is 2.27. The van der Waals surface area contributed by atoms with E-state index in [1.54, 1.807) is 13.2 Å². The first-order chi connectivity index (χ1) is 12.1. The van der Waals surface area contributed by atoms with Crippen molar-refractivity contribution in [2.75, 3.05) is 32.1 Å². The number of ether oxygens (including phenoxy) is 1. The number of carbonyl (C=O) groups is 2. The number of carbonyl (C=O) groups excluding carboxylic acids is 2. The minimum absolute atomic E-state index is 0.118. The van der Waals surface area contributed by atoms with Crippen molar-refractivity contribution in [2.45, 2.75) is 13.1 Å². The number of likely N-dealkylation sites (N-methyl/N-ethyl adjacent to an activating group) is 1. The van der Waals surface area contributed by atoms with Gasteiger partial charge < -0.3 is 15.4 Å². The molecule has 0 unspecified atom stereocenters. The first-order valence-electron chi connectivity index (χ1n) is 8.10. The van der Waals surface area contributed by atoms with Gasteiger partial charge in [0.1, 0.15) is 18.9 Å². The summed E-state index contributed by atoms with van der Waals surface area (Å²) in [6.07, 6.45) is 3.16. The molecule has 25 heavy (non-hydrogen) atoms. The Labute approximate surface area is 145 Å². The summed E-state index contributed by atoms with van der Waals surface area (Å²) in [5, 5.41) is 9.39. The molecule has 0 atom stereocenters. The molecule has 1 aliphatic rings. The van der Waals surface area contributed by atoms with Gasteiger partial charge in [0, 0.05) is 31.9 Å². The molecule has 0 fully saturated rings. The molecule has 8 heteroatoms. The normalized spacial score (nSPS) is 14.1. The summed E-state index contributed by atoms with van der Waals surface area (Å²) in [5.41, 5.74) is 1.64. The van der Waals surface area contributed by atoms with E-state index < -0.39 is 0 Å². The second-order valence-corrected chi connectivity index (χ2v) is 5.81. The quantitative estimate of drug-likeness (QED) is 0.824. The van der Waals surface area contributed by atoms with Crippen LogP contribution in [0.25, 0.3) is 0 Å². The van der Waals surface area contributed by atoms with Gasteiger partial charge in [-0.25, -0.2) is 0 Å². The van der Waals surface area contributed by atoms with Crippen LogP contribution in [0.3, 0.4) is 0 Å². The van der Waals surface area contributed by atoms with E-state index in [2.05, 4.69) is 15.7 Å². The molecule has 2 heterocycles. The van der Waals surface area contributed by atoms with Gasteiger partial charge in [-0.05, 0) is 6.07 Å². The molecule has 2 aromatic rings. The minimum atomic E-state index is -0.149. The monoisotopic (exact) mass is 343 g/mol. The predicted molar refractivity (Wildman–Crippen MR) is 92.1 cm³/mol. The van der Waals surface area contributed by atoms with E-state index in [9.17, 15) is 9.59 Å². The number of para-hydroxylation sites is 1. The summed E-state index contributed by atoms with van der Waals surface area (Å²) in [5.74, 6) is 0.601. The maximum absolute atomic E-state index is 12.3. The van der Waals surface area contributed by atoms with Gasteiger partial charge in [0.25, 0.3) is 0 Å². The third-order valence-electron chi connectivity index (χ3n) is 3.90. The molecule has 0 spiro atoms. The summed E-state index contributed by atoms with van der Waals surface area (Å²) >= 11 is 0. The lowest BCUT2D eigenvalue weighted by Gasteiger charge is -2.18. The fraction of sp³-hybridized carbons (Fsp3) is 0.353. The van der Waals surface area contributed by atoms with Gasteiger partial charge in [-0.3, -0.25) is 19.2 Å². The van der Waals surface area contributed by atoms with Crippen molar-refractivity contribution in [3.8, 4) is 5.75 Å². The fourth-order valence-electron chi connectivity index (χ4n) is 2.66. The van der Waals surface area contributed by atoms with Gasteiger partial charge in [0.05, 0.1) is 18.4 Å². The van der Waals surface area contributed by atoms with Crippen LogP contribution in [0.4, 0.5) is 5.69 Å².